The van der Waals surface area contributed by atoms with Crippen molar-refractivity contribution in [1.29, 1.82) is 0 Å². The average molecular weight is 254 g/mol. The summed E-state index contributed by atoms with van der Waals surface area (Å²) in [5, 5.41) is -0.195. The molecule has 0 aliphatic carbocycles. The highest BCUT2D eigenvalue weighted by molar-refractivity contribution is 8.00. The lowest BCUT2D eigenvalue weighted by Gasteiger charge is -2.11. The lowest BCUT2D eigenvalue weighted by molar-refractivity contribution is -0.144. The smallest absolute Gasteiger partial charge is 0.319 e. The van der Waals surface area contributed by atoms with Gasteiger partial charge in [0.1, 0.15) is 11.9 Å². The highest BCUT2D eigenvalue weighted by atomic mass is 32.2. The molecule has 1 rings (SSSR count). The predicted molar refractivity (Wildman–Crippen MR) is 69.2 cm³/mol. The Labute approximate surface area is 106 Å². The Morgan fingerprint density at radius 2 is 2.00 bits per heavy atom. The first-order valence-corrected chi connectivity index (χ1v) is 6.58. The fourth-order valence-electron chi connectivity index (χ4n) is 1.21. The van der Waals surface area contributed by atoms with E-state index in [0.717, 1.165) is 4.90 Å². The minimum Gasteiger partial charge on any atom is -0.462 e. The topological polar surface area (TPSA) is 35.5 Å². The predicted octanol–water partition coefficient (Wildman–Crippen LogP) is 2.75. The van der Waals surface area contributed by atoms with Gasteiger partial charge in [0.2, 0.25) is 0 Å². The van der Waals surface area contributed by atoms with Crippen LogP contribution in [0.2, 0.25) is 0 Å². The van der Waals surface area contributed by atoms with Gasteiger partial charge >= 0.3 is 5.97 Å². The summed E-state index contributed by atoms with van der Waals surface area (Å²) in [4.78, 5) is 12.7. The first-order chi connectivity index (χ1) is 8.24. The van der Waals surface area contributed by atoms with Gasteiger partial charge in [0.15, 0.2) is 0 Å². The third kappa shape index (κ3) is 5.75. The third-order valence-electron chi connectivity index (χ3n) is 2.06. The Balaban J connectivity index is 2.27. The number of carbonyl (C=O) groups is 1. The van der Waals surface area contributed by atoms with Gasteiger partial charge in [0.25, 0.3) is 0 Å². The summed E-state index contributed by atoms with van der Waals surface area (Å²) >= 11 is 1.50. The maximum Gasteiger partial charge on any atom is 0.319 e. The molecule has 0 saturated carbocycles. The van der Waals surface area contributed by atoms with Gasteiger partial charge in [-0.15, -0.1) is 11.8 Å². The largest absolute Gasteiger partial charge is 0.462 e. The van der Waals surface area contributed by atoms with Crippen molar-refractivity contribution in [3.63, 3.8) is 0 Å². The molecule has 3 nitrogen and oxygen atoms in total. The molecular formula is C13H18O3S. The first kappa shape index (κ1) is 14.1. The molecule has 17 heavy (non-hydrogen) atoms. The van der Waals surface area contributed by atoms with Gasteiger partial charge in [0, 0.05) is 11.5 Å². The van der Waals surface area contributed by atoms with Crippen molar-refractivity contribution < 1.29 is 14.3 Å². The van der Waals surface area contributed by atoms with Gasteiger partial charge in [-0.05, 0) is 26.0 Å². The number of hydrogen-bond donors (Lipinski definition) is 0. The van der Waals surface area contributed by atoms with Crippen molar-refractivity contribution in [2.75, 3.05) is 19.8 Å². The van der Waals surface area contributed by atoms with Crippen molar-refractivity contribution in [3.05, 3.63) is 30.3 Å². The van der Waals surface area contributed by atoms with E-state index in [1.54, 1.807) is 0 Å². The Morgan fingerprint density at radius 3 is 2.65 bits per heavy atom. The number of ether oxygens (including phenoxy) is 2. The minimum atomic E-state index is -0.196. The molecule has 1 atom stereocenters. The van der Waals surface area contributed by atoms with E-state index in [9.17, 15) is 4.79 Å². The zero-order valence-corrected chi connectivity index (χ0v) is 11.0. The van der Waals surface area contributed by atoms with E-state index in [1.807, 2.05) is 44.2 Å². The summed E-state index contributed by atoms with van der Waals surface area (Å²) < 4.78 is 10.2. The molecule has 1 unspecified atom stereocenters. The molecule has 0 N–H and O–H groups in total. The quantitative estimate of drug-likeness (QED) is 0.426. The fourth-order valence-corrected chi connectivity index (χ4v) is 2.10. The van der Waals surface area contributed by atoms with Crippen molar-refractivity contribution >= 4 is 17.7 Å². The van der Waals surface area contributed by atoms with Crippen LogP contribution in [0.5, 0.6) is 0 Å². The normalized spacial score (nSPS) is 12.1. The van der Waals surface area contributed by atoms with Crippen molar-refractivity contribution in [1.82, 2.24) is 0 Å². The van der Waals surface area contributed by atoms with Crippen LogP contribution < -0.4 is 0 Å². The molecule has 0 saturated heterocycles. The first-order valence-electron chi connectivity index (χ1n) is 5.70. The SMILES string of the molecule is CCOCCOC(=O)C(C)Sc1ccccc1. The van der Waals surface area contributed by atoms with Gasteiger partial charge in [-0.25, -0.2) is 0 Å². The average Bonchev–Trinajstić information content (AvgIpc) is 2.35. The van der Waals surface area contributed by atoms with Gasteiger partial charge in [0.05, 0.1) is 6.61 Å². The minimum absolute atomic E-state index is 0.195. The number of benzene rings is 1. The van der Waals surface area contributed by atoms with E-state index in [4.69, 9.17) is 9.47 Å². The summed E-state index contributed by atoms with van der Waals surface area (Å²) in [6.45, 7) is 5.19. The zero-order valence-electron chi connectivity index (χ0n) is 10.2. The third-order valence-corrected chi connectivity index (χ3v) is 3.15. The van der Waals surface area contributed by atoms with Crippen LogP contribution in [0.25, 0.3) is 0 Å². The van der Waals surface area contributed by atoms with Gasteiger partial charge in [-0.3, -0.25) is 4.79 Å². The second-order valence-electron chi connectivity index (χ2n) is 3.44. The van der Waals surface area contributed by atoms with Crippen LogP contribution in [0, 0.1) is 0 Å². The molecule has 0 fully saturated rings. The molecule has 0 aromatic heterocycles. The molecule has 94 valence electrons. The molecule has 0 heterocycles. The highest BCUT2D eigenvalue weighted by Crippen LogP contribution is 2.23. The summed E-state index contributed by atoms with van der Waals surface area (Å²) in [5.41, 5.74) is 0. The fraction of sp³-hybridized carbons (Fsp3) is 0.462. The Bertz CT molecular complexity index is 327. The van der Waals surface area contributed by atoms with E-state index in [0.29, 0.717) is 19.8 Å². The van der Waals surface area contributed by atoms with Gasteiger partial charge in [-0.2, -0.15) is 0 Å². The number of carbonyl (C=O) groups excluding carboxylic acids is 1. The Kier molecular flexibility index (Phi) is 6.74. The van der Waals surface area contributed by atoms with E-state index in [-0.39, 0.29) is 11.2 Å². The lowest BCUT2D eigenvalue weighted by Crippen LogP contribution is -2.19. The van der Waals surface area contributed by atoms with Gasteiger partial charge < -0.3 is 9.47 Å². The molecule has 4 heteroatoms. The maximum atomic E-state index is 11.6. The van der Waals surface area contributed by atoms with E-state index in [1.165, 1.54) is 11.8 Å². The number of thioether (sulfide) groups is 1. The van der Waals surface area contributed by atoms with Crippen LogP contribution in [0.15, 0.2) is 35.2 Å². The lowest BCUT2D eigenvalue weighted by atomic mass is 10.4. The molecule has 0 radical (unpaired) electrons. The second-order valence-corrected chi connectivity index (χ2v) is 4.85. The zero-order chi connectivity index (χ0) is 12.5. The van der Waals surface area contributed by atoms with E-state index >= 15 is 0 Å². The van der Waals surface area contributed by atoms with Crippen LogP contribution in [-0.4, -0.2) is 31.0 Å². The summed E-state index contributed by atoms with van der Waals surface area (Å²) in [7, 11) is 0. The van der Waals surface area contributed by atoms with E-state index < -0.39 is 0 Å². The van der Waals surface area contributed by atoms with Crippen molar-refractivity contribution in [2.45, 2.75) is 24.0 Å². The molecule has 0 aliphatic heterocycles. The molecule has 1 aromatic rings. The molecule has 0 bridgehead atoms. The Hall–Kier alpha value is -1.00. The summed E-state index contributed by atoms with van der Waals surface area (Å²) in [5.74, 6) is -0.196. The van der Waals surface area contributed by atoms with Crippen LogP contribution in [-0.2, 0) is 14.3 Å². The number of rotatable bonds is 7. The molecule has 1 aromatic carbocycles. The van der Waals surface area contributed by atoms with Crippen LogP contribution in [0.4, 0.5) is 0 Å². The van der Waals surface area contributed by atoms with E-state index in [2.05, 4.69) is 0 Å². The number of hydrogen-bond acceptors (Lipinski definition) is 4. The van der Waals surface area contributed by atoms with Crippen molar-refractivity contribution in [3.8, 4) is 0 Å². The molecule has 0 amide bonds. The van der Waals surface area contributed by atoms with Crippen LogP contribution in [0.3, 0.4) is 0 Å². The standard InChI is InChI=1S/C13H18O3S/c1-3-15-9-10-16-13(14)11(2)17-12-7-5-4-6-8-12/h4-8,11H,3,9-10H2,1-2H3. The highest BCUT2D eigenvalue weighted by Gasteiger charge is 2.15. The second kappa shape index (κ2) is 8.14. The van der Waals surface area contributed by atoms with Crippen molar-refractivity contribution in [2.24, 2.45) is 0 Å². The monoisotopic (exact) mass is 254 g/mol. The summed E-state index contributed by atoms with van der Waals surface area (Å²) in [6.07, 6.45) is 0. The molecule has 0 aliphatic rings. The van der Waals surface area contributed by atoms with Gasteiger partial charge in [-0.1, -0.05) is 18.2 Å². The number of esters is 1. The van der Waals surface area contributed by atoms with Crippen LogP contribution >= 0.6 is 11.8 Å². The summed E-state index contributed by atoms with van der Waals surface area (Å²) in [6, 6.07) is 9.82. The molecular weight excluding hydrogens is 236 g/mol. The molecule has 0 spiro atoms. The van der Waals surface area contributed by atoms with Crippen LogP contribution in [0.1, 0.15) is 13.8 Å². The maximum absolute atomic E-state index is 11.6. The Morgan fingerprint density at radius 1 is 1.29 bits per heavy atom.